The lowest BCUT2D eigenvalue weighted by atomic mass is 10.1. The molecule has 4 rings (SSSR count). The Hall–Kier alpha value is -4.18. The molecule has 1 unspecified atom stereocenters. The number of methoxy groups -OCH3 is 1. The van der Waals surface area contributed by atoms with E-state index >= 15 is 0 Å². The quantitative estimate of drug-likeness (QED) is 0.290. The molecule has 0 spiro atoms. The van der Waals surface area contributed by atoms with Crippen LogP contribution in [0.1, 0.15) is 36.8 Å². The molecule has 0 radical (unpaired) electrons. The molecule has 0 bridgehead atoms. The van der Waals surface area contributed by atoms with Crippen LogP contribution in [0.4, 0.5) is 23.7 Å². The van der Waals surface area contributed by atoms with Gasteiger partial charge in [0.25, 0.3) is 5.56 Å². The van der Waals surface area contributed by atoms with Crippen molar-refractivity contribution in [2.75, 3.05) is 25.6 Å². The van der Waals surface area contributed by atoms with Crippen LogP contribution in [0, 0.1) is 0 Å². The molecule has 1 heterocycles. The molecule has 0 saturated heterocycles. The predicted molar refractivity (Wildman–Crippen MR) is 144 cm³/mol. The van der Waals surface area contributed by atoms with Crippen molar-refractivity contribution in [3.05, 3.63) is 100 Å². The molecular formula is C29H29F3N4O3. The van der Waals surface area contributed by atoms with E-state index < -0.39 is 23.8 Å². The Kier molecular flexibility index (Phi) is 8.35. The fraction of sp³-hybridized carbons (Fsp3) is 0.276. The van der Waals surface area contributed by atoms with Gasteiger partial charge in [-0.3, -0.25) is 9.36 Å². The molecule has 0 aliphatic rings. The molecule has 39 heavy (non-hydrogen) atoms. The summed E-state index contributed by atoms with van der Waals surface area (Å²) in [6, 6.07) is 17.5. The second-order valence-electron chi connectivity index (χ2n) is 9.02. The summed E-state index contributed by atoms with van der Waals surface area (Å²) in [6.45, 7) is 4.11. The van der Waals surface area contributed by atoms with Crippen molar-refractivity contribution >= 4 is 22.6 Å². The summed E-state index contributed by atoms with van der Waals surface area (Å²) >= 11 is 0. The molecule has 0 aliphatic carbocycles. The van der Waals surface area contributed by atoms with E-state index in [2.05, 4.69) is 5.32 Å². The maximum atomic E-state index is 13.7. The van der Waals surface area contributed by atoms with Gasteiger partial charge in [-0.15, -0.1) is 0 Å². The lowest BCUT2D eigenvalue weighted by molar-refractivity contribution is -0.137. The molecule has 1 atom stereocenters. The zero-order valence-electron chi connectivity index (χ0n) is 21.8. The third-order valence-corrected chi connectivity index (χ3v) is 6.51. The zero-order chi connectivity index (χ0) is 28.2. The van der Waals surface area contributed by atoms with Crippen molar-refractivity contribution in [3.8, 4) is 5.69 Å². The Morgan fingerprint density at radius 3 is 2.33 bits per heavy atom. The van der Waals surface area contributed by atoms with E-state index in [4.69, 9.17) is 9.72 Å². The van der Waals surface area contributed by atoms with E-state index in [1.165, 1.54) is 28.7 Å². The highest BCUT2D eigenvalue weighted by Crippen LogP contribution is 2.30. The summed E-state index contributed by atoms with van der Waals surface area (Å²) in [5, 5.41) is 3.09. The number of ether oxygens (including phenoxy) is 1. The Labute approximate surface area is 223 Å². The number of urea groups is 1. The van der Waals surface area contributed by atoms with Crippen LogP contribution < -0.4 is 10.9 Å². The van der Waals surface area contributed by atoms with E-state index in [1.807, 2.05) is 31.2 Å². The van der Waals surface area contributed by atoms with E-state index in [-0.39, 0.29) is 24.4 Å². The molecule has 0 fully saturated rings. The average Bonchev–Trinajstić information content (AvgIpc) is 2.93. The minimum atomic E-state index is -4.48. The molecule has 0 saturated carbocycles. The number of benzene rings is 3. The maximum absolute atomic E-state index is 13.7. The Bertz CT molecular complexity index is 1500. The number of anilines is 1. The van der Waals surface area contributed by atoms with Crippen LogP contribution in [0.25, 0.3) is 16.6 Å². The number of aromatic nitrogens is 2. The maximum Gasteiger partial charge on any atom is 0.416 e. The van der Waals surface area contributed by atoms with Crippen molar-refractivity contribution in [1.29, 1.82) is 0 Å². The molecule has 1 aromatic heterocycles. The van der Waals surface area contributed by atoms with Crippen LogP contribution >= 0.6 is 0 Å². The van der Waals surface area contributed by atoms with Crippen LogP contribution in [0.5, 0.6) is 0 Å². The number of fused-ring (bicyclic) bond motifs is 1. The molecule has 4 aromatic rings. The van der Waals surface area contributed by atoms with Gasteiger partial charge >= 0.3 is 12.2 Å². The SMILES string of the molecule is CCc1ccc(-n2c(C(C)N(CCOC)C(=O)Nc3ccc(C(F)(F)F)cc3)nc3ccccc3c2=O)cc1. The molecule has 10 heteroatoms. The molecule has 3 aromatic carbocycles. The predicted octanol–water partition coefficient (Wildman–Crippen LogP) is 6.21. The summed E-state index contributed by atoms with van der Waals surface area (Å²) in [5.74, 6) is 0.335. The number of nitrogens with one attached hydrogen (secondary N) is 1. The number of rotatable bonds is 8. The zero-order valence-corrected chi connectivity index (χ0v) is 21.8. The minimum absolute atomic E-state index is 0.140. The van der Waals surface area contributed by atoms with Gasteiger partial charge in [-0.1, -0.05) is 31.2 Å². The fourth-order valence-corrected chi connectivity index (χ4v) is 4.30. The van der Waals surface area contributed by atoms with Gasteiger partial charge in [-0.25, -0.2) is 9.78 Å². The highest BCUT2D eigenvalue weighted by molar-refractivity contribution is 5.89. The lowest BCUT2D eigenvalue weighted by Gasteiger charge is -2.30. The van der Waals surface area contributed by atoms with Crippen molar-refractivity contribution in [1.82, 2.24) is 14.5 Å². The number of hydrogen-bond acceptors (Lipinski definition) is 4. The number of halogens is 3. The number of aryl methyl sites for hydroxylation is 1. The molecular weight excluding hydrogens is 509 g/mol. The van der Waals surface area contributed by atoms with Crippen molar-refractivity contribution in [3.63, 3.8) is 0 Å². The third-order valence-electron chi connectivity index (χ3n) is 6.51. The molecule has 204 valence electrons. The first-order valence-electron chi connectivity index (χ1n) is 12.5. The van der Waals surface area contributed by atoms with Gasteiger partial charge in [0.1, 0.15) is 5.82 Å². The number of nitrogens with zero attached hydrogens (tertiary/aromatic N) is 3. The summed E-state index contributed by atoms with van der Waals surface area (Å²) in [4.78, 5) is 33.3. The van der Waals surface area contributed by atoms with Gasteiger partial charge in [-0.2, -0.15) is 13.2 Å². The second kappa shape index (κ2) is 11.7. The van der Waals surface area contributed by atoms with E-state index in [0.717, 1.165) is 24.1 Å². The minimum Gasteiger partial charge on any atom is -0.383 e. The molecule has 0 aliphatic heterocycles. The van der Waals surface area contributed by atoms with Crippen LogP contribution in [0.15, 0.2) is 77.6 Å². The highest BCUT2D eigenvalue weighted by atomic mass is 19.4. The molecule has 2 amide bonds. The summed E-state index contributed by atoms with van der Waals surface area (Å²) in [7, 11) is 1.50. The third kappa shape index (κ3) is 6.12. The number of para-hydroxylation sites is 1. The van der Waals surface area contributed by atoms with Gasteiger partial charge in [0.2, 0.25) is 0 Å². The van der Waals surface area contributed by atoms with Gasteiger partial charge < -0.3 is 15.0 Å². The summed E-state index contributed by atoms with van der Waals surface area (Å²) in [5.41, 5.74) is 1.30. The van der Waals surface area contributed by atoms with Gasteiger partial charge in [0.05, 0.1) is 34.8 Å². The molecule has 7 nitrogen and oxygen atoms in total. The Balaban J connectivity index is 1.76. The topological polar surface area (TPSA) is 76.5 Å². The van der Waals surface area contributed by atoms with E-state index in [9.17, 15) is 22.8 Å². The number of amides is 2. The first-order valence-corrected chi connectivity index (χ1v) is 12.5. The van der Waals surface area contributed by atoms with Crippen molar-refractivity contribution < 1.29 is 22.7 Å². The monoisotopic (exact) mass is 538 g/mol. The van der Waals surface area contributed by atoms with Gasteiger partial charge in [-0.05, 0) is 67.4 Å². The molecule has 1 N–H and O–H groups in total. The van der Waals surface area contributed by atoms with Crippen LogP contribution in [-0.2, 0) is 17.3 Å². The standard InChI is InChI=1S/C29H29F3N4O3/c1-4-20-9-15-23(16-10-20)36-26(34-25-8-6-5-7-24(25)27(36)37)19(2)35(17-18-39-3)28(38)33-22-13-11-21(12-14-22)29(30,31)32/h5-16,19H,4,17-18H2,1-3H3,(H,33,38). The van der Waals surface area contributed by atoms with Crippen LogP contribution in [0.2, 0.25) is 0 Å². The first-order chi connectivity index (χ1) is 18.6. The summed E-state index contributed by atoms with van der Waals surface area (Å²) < 4.78 is 45.6. The smallest absolute Gasteiger partial charge is 0.383 e. The largest absolute Gasteiger partial charge is 0.416 e. The van der Waals surface area contributed by atoms with Gasteiger partial charge in [0.15, 0.2) is 0 Å². The van der Waals surface area contributed by atoms with Crippen molar-refractivity contribution in [2.45, 2.75) is 32.5 Å². The van der Waals surface area contributed by atoms with Crippen molar-refractivity contribution in [2.24, 2.45) is 0 Å². The van der Waals surface area contributed by atoms with Crippen LogP contribution in [0.3, 0.4) is 0 Å². The lowest BCUT2D eigenvalue weighted by Crippen LogP contribution is -2.41. The van der Waals surface area contributed by atoms with E-state index in [1.54, 1.807) is 31.2 Å². The Morgan fingerprint density at radius 1 is 1.05 bits per heavy atom. The number of hydrogen-bond donors (Lipinski definition) is 1. The van der Waals surface area contributed by atoms with Crippen LogP contribution in [-0.4, -0.2) is 40.7 Å². The van der Waals surface area contributed by atoms with Gasteiger partial charge in [0, 0.05) is 19.3 Å². The van der Waals surface area contributed by atoms with E-state index in [0.29, 0.717) is 22.4 Å². The number of carbonyl (C=O) groups is 1. The number of alkyl halides is 3. The second-order valence-corrected chi connectivity index (χ2v) is 9.02. The highest BCUT2D eigenvalue weighted by Gasteiger charge is 2.30. The number of carbonyl (C=O) groups excluding carboxylic acids is 1. The first kappa shape index (κ1) is 27.8. The summed E-state index contributed by atoms with van der Waals surface area (Å²) in [6.07, 6.45) is -3.65. The Morgan fingerprint density at radius 2 is 1.72 bits per heavy atom. The fourth-order valence-electron chi connectivity index (χ4n) is 4.30. The normalized spacial score (nSPS) is 12.4. The average molecular weight is 539 g/mol.